The number of thioether (sulfide) groups is 1. The first-order valence-electron chi connectivity index (χ1n) is 5.77. The maximum atomic E-state index is 11.3. The first-order valence-corrected chi connectivity index (χ1v) is 6.75. The van der Waals surface area contributed by atoms with Crippen molar-refractivity contribution in [3.8, 4) is 0 Å². The first-order chi connectivity index (χ1) is 8.09. The quantitative estimate of drug-likeness (QED) is 0.867. The van der Waals surface area contributed by atoms with Gasteiger partial charge in [0.15, 0.2) is 0 Å². The fourth-order valence-corrected chi connectivity index (χ4v) is 3.69. The Labute approximate surface area is 105 Å². The summed E-state index contributed by atoms with van der Waals surface area (Å²) in [6.07, 6.45) is 0.935. The molecule has 3 nitrogen and oxygen atoms in total. The van der Waals surface area contributed by atoms with Gasteiger partial charge in [-0.25, -0.2) is 0 Å². The number of aliphatic carboxylic acids is 1. The Morgan fingerprint density at radius 1 is 1.53 bits per heavy atom. The third kappa shape index (κ3) is 2.07. The molecule has 92 valence electrons. The fourth-order valence-electron chi connectivity index (χ4n) is 2.48. The zero-order chi connectivity index (χ0) is 12.5. The molecule has 0 spiro atoms. The Balaban J connectivity index is 2.48. The molecule has 0 bridgehead atoms. The molecule has 2 atom stereocenters. The summed E-state index contributed by atoms with van der Waals surface area (Å²) in [6, 6.07) is 7.55. The third-order valence-electron chi connectivity index (χ3n) is 3.38. The summed E-state index contributed by atoms with van der Waals surface area (Å²) in [7, 11) is 0. The van der Waals surface area contributed by atoms with E-state index in [2.05, 4.69) is 0 Å². The van der Waals surface area contributed by atoms with Crippen LogP contribution in [-0.4, -0.2) is 21.9 Å². The van der Waals surface area contributed by atoms with E-state index < -0.39 is 17.5 Å². The molecule has 0 fully saturated rings. The largest absolute Gasteiger partial charge is 0.481 e. The second kappa shape index (κ2) is 4.70. The lowest BCUT2D eigenvalue weighted by Crippen LogP contribution is -2.42. The number of carboxylic acid groups (broad SMARTS) is 1. The number of fused-ring (bicyclic) bond motifs is 1. The molecule has 17 heavy (non-hydrogen) atoms. The highest BCUT2D eigenvalue weighted by Crippen LogP contribution is 2.45. The van der Waals surface area contributed by atoms with Gasteiger partial charge in [-0.3, -0.25) is 4.79 Å². The van der Waals surface area contributed by atoms with Crippen molar-refractivity contribution in [3.05, 3.63) is 29.8 Å². The van der Waals surface area contributed by atoms with Crippen LogP contribution >= 0.6 is 11.8 Å². The van der Waals surface area contributed by atoms with E-state index in [1.165, 1.54) is 0 Å². The van der Waals surface area contributed by atoms with E-state index in [9.17, 15) is 15.0 Å². The average Bonchev–Trinajstić information content (AvgIpc) is 2.30. The van der Waals surface area contributed by atoms with Crippen LogP contribution < -0.4 is 0 Å². The minimum Gasteiger partial charge on any atom is -0.481 e. The van der Waals surface area contributed by atoms with Gasteiger partial charge in [-0.2, -0.15) is 0 Å². The van der Waals surface area contributed by atoms with Crippen molar-refractivity contribution in [1.82, 2.24) is 0 Å². The molecule has 2 N–H and O–H groups in total. The number of hydrogen-bond donors (Lipinski definition) is 2. The first kappa shape index (κ1) is 12.5. The van der Waals surface area contributed by atoms with E-state index >= 15 is 0 Å². The van der Waals surface area contributed by atoms with Crippen LogP contribution in [0.15, 0.2) is 29.2 Å². The molecular weight excluding hydrogens is 236 g/mol. The predicted molar refractivity (Wildman–Crippen MR) is 67.1 cm³/mol. The summed E-state index contributed by atoms with van der Waals surface area (Å²) < 4.78 is 0. The van der Waals surface area contributed by atoms with Gasteiger partial charge in [0.2, 0.25) is 0 Å². The average molecular weight is 252 g/mol. The molecule has 1 aliphatic rings. The SMILES string of the molecule is CCC(C(=O)O)C1(O)CCSc2ccccc21. The molecule has 0 saturated heterocycles. The van der Waals surface area contributed by atoms with Gasteiger partial charge in [-0.05, 0) is 24.5 Å². The van der Waals surface area contributed by atoms with Crippen molar-refractivity contribution in [2.75, 3.05) is 5.75 Å². The van der Waals surface area contributed by atoms with Gasteiger partial charge >= 0.3 is 5.97 Å². The Hall–Kier alpha value is -1.00. The number of hydrogen-bond acceptors (Lipinski definition) is 3. The van der Waals surface area contributed by atoms with Crippen molar-refractivity contribution >= 4 is 17.7 Å². The van der Waals surface area contributed by atoms with E-state index in [0.717, 1.165) is 16.2 Å². The highest BCUT2D eigenvalue weighted by atomic mass is 32.2. The monoisotopic (exact) mass is 252 g/mol. The van der Waals surface area contributed by atoms with Crippen LogP contribution in [0.25, 0.3) is 0 Å². The van der Waals surface area contributed by atoms with Gasteiger partial charge in [-0.15, -0.1) is 11.8 Å². The van der Waals surface area contributed by atoms with E-state index in [0.29, 0.717) is 12.8 Å². The summed E-state index contributed by atoms with van der Waals surface area (Å²) in [5.74, 6) is -0.890. The minimum atomic E-state index is -1.22. The lowest BCUT2D eigenvalue weighted by Gasteiger charge is -2.38. The molecule has 1 heterocycles. The van der Waals surface area contributed by atoms with Crippen LogP contribution in [0.1, 0.15) is 25.3 Å². The van der Waals surface area contributed by atoms with E-state index in [-0.39, 0.29) is 0 Å². The molecule has 0 saturated carbocycles. The molecular formula is C13H16O3S. The normalized spacial score (nSPS) is 25.1. The lowest BCUT2D eigenvalue weighted by molar-refractivity contribution is -0.154. The fraction of sp³-hybridized carbons (Fsp3) is 0.462. The number of carboxylic acids is 1. The highest BCUT2D eigenvalue weighted by Gasteiger charge is 2.44. The van der Waals surface area contributed by atoms with Gasteiger partial charge in [-0.1, -0.05) is 25.1 Å². The molecule has 2 rings (SSSR count). The smallest absolute Gasteiger partial charge is 0.309 e. The van der Waals surface area contributed by atoms with Crippen molar-refractivity contribution in [2.24, 2.45) is 5.92 Å². The van der Waals surface area contributed by atoms with Crippen molar-refractivity contribution < 1.29 is 15.0 Å². The van der Waals surface area contributed by atoms with Crippen molar-refractivity contribution in [2.45, 2.75) is 30.3 Å². The van der Waals surface area contributed by atoms with E-state index in [1.54, 1.807) is 18.7 Å². The number of benzene rings is 1. The van der Waals surface area contributed by atoms with Crippen LogP contribution in [0.2, 0.25) is 0 Å². The molecule has 2 unspecified atom stereocenters. The topological polar surface area (TPSA) is 57.5 Å². The lowest BCUT2D eigenvalue weighted by atomic mass is 9.77. The predicted octanol–water partition coefficient (Wildman–Crippen LogP) is 2.48. The Morgan fingerprint density at radius 2 is 2.24 bits per heavy atom. The number of rotatable bonds is 3. The third-order valence-corrected chi connectivity index (χ3v) is 4.45. The number of carbonyl (C=O) groups is 1. The molecule has 0 amide bonds. The van der Waals surface area contributed by atoms with Gasteiger partial charge in [0.25, 0.3) is 0 Å². The van der Waals surface area contributed by atoms with E-state index in [1.807, 2.05) is 24.3 Å². The zero-order valence-corrected chi connectivity index (χ0v) is 10.5. The van der Waals surface area contributed by atoms with Crippen LogP contribution in [0.5, 0.6) is 0 Å². The summed E-state index contributed by atoms with van der Waals surface area (Å²) in [4.78, 5) is 12.3. The second-order valence-electron chi connectivity index (χ2n) is 4.32. The molecule has 1 aliphatic heterocycles. The van der Waals surface area contributed by atoms with Crippen LogP contribution in [-0.2, 0) is 10.4 Å². The van der Waals surface area contributed by atoms with Gasteiger partial charge in [0.05, 0.1) is 5.92 Å². The summed E-state index contributed by atoms with van der Waals surface area (Å²) in [6.45, 7) is 1.81. The van der Waals surface area contributed by atoms with Crippen LogP contribution in [0.3, 0.4) is 0 Å². The summed E-state index contributed by atoms with van der Waals surface area (Å²) in [5, 5.41) is 20.0. The van der Waals surface area contributed by atoms with Crippen LogP contribution in [0, 0.1) is 5.92 Å². The van der Waals surface area contributed by atoms with Gasteiger partial charge in [0, 0.05) is 10.6 Å². The Kier molecular flexibility index (Phi) is 3.45. The minimum absolute atomic E-state index is 0.435. The van der Waals surface area contributed by atoms with Gasteiger partial charge < -0.3 is 10.2 Å². The molecule has 0 radical (unpaired) electrons. The van der Waals surface area contributed by atoms with Gasteiger partial charge in [0.1, 0.15) is 5.60 Å². The maximum absolute atomic E-state index is 11.3. The van der Waals surface area contributed by atoms with Crippen molar-refractivity contribution in [1.29, 1.82) is 0 Å². The molecule has 0 aromatic heterocycles. The molecule has 1 aromatic rings. The Morgan fingerprint density at radius 3 is 2.88 bits per heavy atom. The second-order valence-corrected chi connectivity index (χ2v) is 5.45. The van der Waals surface area contributed by atoms with E-state index in [4.69, 9.17) is 0 Å². The maximum Gasteiger partial charge on any atom is 0.309 e. The van der Waals surface area contributed by atoms with Crippen LogP contribution in [0.4, 0.5) is 0 Å². The molecule has 1 aromatic carbocycles. The number of aliphatic hydroxyl groups is 1. The highest BCUT2D eigenvalue weighted by molar-refractivity contribution is 7.99. The molecule has 0 aliphatic carbocycles. The standard InChI is InChI=1S/C13H16O3S/c1-2-9(12(14)15)13(16)7-8-17-11-6-4-3-5-10(11)13/h3-6,9,16H,2,7-8H2,1H3,(H,14,15). The molecule has 4 heteroatoms. The summed E-state index contributed by atoms with van der Waals surface area (Å²) in [5.41, 5.74) is -0.451. The van der Waals surface area contributed by atoms with Crippen molar-refractivity contribution in [3.63, 3.8) is 0 Å². The zero-order valence-electron chi connectivity index (χ0n) is 9.72. The summed E-state index contributed by atoms with van der Waals surface area (Å²) >= 11 is 1.68. The Bertz CT molecular complexity index is 432.